The topological polar surface area (TPSA) is 39.7 Å². The standard InChI is InChI=1S/C26H31FN4O/c27-22-8-11-30(17-22)25-13-21-16-31(26(32)24(21)14-28-25)15-18-4-5-19-6-9-29(23-2-1-3-23)10-7-20(19)12-18/h4-5,12-14,22-23H,1-3,6-11,15-17H2/t22-/m1/s1. The molecule has 1 aromatic carbocycles. The van der Waals surface area contributed by atoms with E-state index in [1.807, 2.05) is 15.9 Å². The highest BCUT2D eigenvalue weighted by molar-refractivity contribution is 5.98. The van der Waals surface area contributed by atoms with Crippen LogP contribution in [0.2, 0.25) is 0 Å². The van der Waals surface area contributed by atoms with E-state index in [0.717, 1.165) is 36.8 Å². The number of hydrogen-bond acceptors (Lipinski definition) is 4. The first kappa shape index (κ1) is 20.2. The van der Waals surface area contributed by atoms with Gasteiger partial charge in [-0.15, -0.1) is 0 Å². The Labute approximate surface area is 189 Å². The smallest absolute Gasteiger partial charge is 0.256 e. The molecule has 0 bridgehead atoms. The van der Waals surface area contributed by atoms with Gasteiger partial charge in [0.2, 0.25) is 0 Å². The normalized spacial score (nSPS) is 23.8. The molecule has 1 saturated heterocycles. The number of aromatic nitrogens is 1. The second-order valence-corrected chi connectivity index (χ2v) is 9.92. The summed E-state index contributed by atoms with van der Waals surface area (Å²) >= 11 is 0. The molecule has 32 heavy (non-hydrogen) atoms. The van der Waals surface area contributed by atoms with Crippen molar-refractivity contribution in [2.24, 2.45) is 0 Å². The largest absolute Gasteiger partial charge is 0.354 e. The molecule has 2 fully saturated rings. The number of rotatable bonds is 4. The Morgan fingerprint density at radius 2 is 1.84 bits per heavy atom. The van der Waals surface area contributed by atoms with E-state index in [2.05, 4.69) is 28.1 Å². The van der Waals surface area contributed by atoms with Gasteiger partial charge in [-0.05, 0) is 60.4 Å². The van der Waals surface area contributed by atoms with E-state index in [1.165, 1.54) is 42.5 Å². The zero-order valence-electron chi connectivity index (χ0n) is 18.6. The van der Waals surface area contributed by atoms with Gasteiger partial charge < -0.3 is 9.80 Å². The molecule has 6 heteroatoms. The molecule has 1 saturated carbocycles. The van der Waals surface area contributed by atoms with Crippen molar-refractivity contribution in [2.75, 3.05) is 31.1 Å². The number of pyridine rings is 1. The molecule has 1 aliphatic carbocycles. The first-order valence-corrected chi connectivity index (χ1v) is 12.2. The van der Waals surface area contributed by atoms with E-state index < -0.39 is 6.17 Å². The Morgan fingerprint density at radius 1 is 1.00 bits per heavy atom. The number of fused-ring (bicyclic) bond motifs is 2. The zero-order valence-corrected chi connectivity index (χ0v) is 18.6. The number of benzene rings is 1. The third kappa shape index (κ3) is 3.68. The fourth-order valence-electron chi connectivity index (χ4n) is 5.71. The molecule has 1 amide bonds. The van der Waals surface area contributed by atoms with Gasteiger partial charge in [-0.1, -0.05) is 24.6 Å². The molecule has 4 aliphatic rings. The molecule has 0 N–H and O–H groups in total. The highest BCUT2D eigenvalue weighted by Gasteiger charge is 2.31. The number of alkyl halides is 1. The summed E-state index contributed by atoms with van der Waals surface area (Å²) in [7, 11) is 0. The van der Waals surface area contributed by atoms with Crippen LogP contribution in [-0.2, 0) is 25.9 Å². The van der Waals surface area contributed by atoms with Crippen LogP contribution in [0.25, 0.3) is 0 Å². The fraction of sp³-hybridized carbons (Fsp3) is 0.538. The molecule has 1 aromatic heterocycles. The summed E-state index contributed by atoms with van der Waals surface area (Å²) in [6, 6.07) is 9.59. The summed E-state index contributed by atoms with van der Waals surface area (Å²) in [6.07, 6.45) is 7.81. The summed E-state index contributed by atoms with van der Waals surface area (Å²) in [5.41, 5.74) is 5.82. The molecule has 6 rings (SSSR count). The monoisotopic (exact) mass is 434 g/mol. The Hall–Kier alpha value is -2.47. The summed E-state index contributed by atoms with van der Waals surface area (Å²) in [5.74, 6) is 0.842. The van der Waals surface area contributed by atoms with E-state index in [1.54, 1.807) is 6.20 Å². The second-order valence-electron chi connectivity index (χ2n) is 9.92. The maximum absolute atomic E-state index is 13.6. The zero-order chi connectivity index (χ0) is 21.7. The van der Waals surface area contributed by atoms with Crippen molar-refractivity contribution in [3.63, 3.8) is 0 Å². The molecule has 5 nitrogen and oxygen atoms in total. The van der Waals surface area contributed by atoms with Crippen LogP contribution >= 0.6 is 0 Å². The van der Waals surface area contributed by atoms with Crippen molar-refractivity contribution in [1.29, 1.82) is 0 Å². The molecule has 0 spiro atoms. The number of anilines is 1. The Balaban J connectivity index is 1.15. The molecule has 168 valence electrons. The summed E-state index contributed by atoms with van der Waals surface area (Å²) < 4.78 is 13.6. The van der Waals surface area contributed by atoms with Gasteiger partial charge in [-0.2, -0.15) is 0 Å². The highest BCUT2D eigenvalue weighted by Crippen LogP contribution is 2.30. The molecule has 4 heterocycles. The molecule has 0 unspecified atom stereocenters. The molecule has 1 atom stereocenters. The number of halogens is 1. The summed E-state index contributed by atoms with van der Waals surface area (Å²) in [6.45, 7) is 4.64. The summed E-state index contributed by atoms with van der Waals surface area (Å²) in [4.78, 5) is 24.0. The summed E-state index contributed by atoms with van der Waals surface area (Å²) in [5, 5.41) is 0. The van der Waals surface area contributed by atoms with Crippen molar-refractivity contribution in [1.82, 2.24) is 14.8 Å². The van der Waals surface area contributed by atoms with Crippen LogP contribution in [0.4, 0.5) is 10.2 Å². The van der Waals surface area contributed by atoms with E-state index in [-0.39, 0.29) is 5.91 Å². The number of hydrogen-bond donors (Lipinski definition) is 0. The predicted octanol–water partition coefficient (Wildman–Crippen LogP) is 3.74. The minimum atomic E-state index is -0.780. The number of nitrogens with zero attached hydrogens (tertiary/aromatic N) is 4. The Kier molecular flexibility index (Phi) is 5.13. The van der Waals surface area contributed by atoms with Gasteiger partial charge in [-0.25, -0.2) is 9.37 Å². The van der Waals surface area contributed by atoms with Crippen LogP contribution in [0.15, 0.2) is 30.5 Å². The van der Waals surface area contributed by atoms with Crippen molar-refractivity contribution in [2.45, 2.75) is 63.8 Å². The average molecular weight is 435 g/mol. The Bertz CT molecular complexity index is 1040. The molecule has 2 aromatic rings. The predicted molar refractivity (Wildman–Crippen MR) is 123 cm³/mol. The number of amides is 1. The van der Waals surface area contributed by atoms with Gasteiger partial charge in [-0.3, -0.25) is 9.69 Å². The minimum absolute atomic E-state index is 0.0509. The molecular formula is C26H31FN4O. The van der Waals surface area contributed by atoms with Crippen LogP contribution in [-0.4, -0.2) is 59.1 Å². The van der Waals surface area contributed by atoms with Crippen LogP contribution in [0.1, 0.15) is 58.3 Å². The lowest BCUT2D eigenvalue weighted by molar-refractivity contribution is 0.0766. The lowest BCUT2D eigenvalue weighted by Gasteiger charge is -2.36. The quantitative estimate of drug-likeness (QED) is 0.735. The van der Waals surface area contributed by atoms with E-state index >= 15 is 0 Å². The molecule has 0 radical (unpaired) electrons. The van der Waals surface area contributed by atoms with Gasteiger partial charge in [0.05, 0.1) is 12.1 Å². The van der Waals surface area contributed by atoms with Crippen LogP contribution in [0.3, 0.4) is 0 Å². The van der Waals surface area contributed by atoms with Crippen molar-refractivity contribution in [3.05, 3.63) is 58.3 Å². The van der Waals surface area contributed by atoms with E-state index in [9.17, 15) is 9.18 Å². The van der Waals surface area contributed by atoms with E-state index in [4.69, 9.17) is 0 Å². The van der Waals surface area contributed by atoms with Gasteiger partial charge in [0.25, 0.3) is 5.91 Å². The van der Waals surface area contributed by atoms with Crippen molar-refractivity contribution >= 4 is 11.7 Å². The SMILES string of the molecule is O=C1c2cnc(N3CC[C@@H](F)C3)cc2CN1Cc1ccc2c(c1)CCN(C1CCC1)CC2. The van der Waals surface area contributed by atoms with Crippen LogP contribution in [0.5, 0.6) is 0 Å². The van der Waals surface area contributed by atoms with E-state index in [0.29, 0.717) is 38.2 Å². The van der Waals surface area contributed by atoms with Crippen molar-refractivity contribution < 1.29 is 9.18 Å². The highest BCUT2D eigenvalue weighted by atomic mass is 19.1. The second kappa shape index (κ2) is 8.14. The molecular weight excluding hydrogens is 403 g/mol. The molecule has 3 aliphatic heterocycles. The average Bonchev–Trinajstić information content (AvgIpc) is 3.25. The lowest BCUT2D eigenvalue weighted by atomic mass is 9.91. The van der Waals surface area contributed by atoms with Gasteiger partial charge in [0, 0.05) is 45.0 Å². The maximum atomic E-state index is 13.6. The van der Waals surface area contributed by atoms with Gasteiger partial charge in [0.15, 0.2) is 0 Å². The number of carbonyl (C=O) groups is 1. The van der Waals surface area contributed by atoms with Crippen molar-refractivity contribution in [3.8, 4) is 0 Å². The third-order valence-electron chi connectivity index (χ3n) is 7.88. The van der Waals surface area contributed by atoms with Crippen LogP contribution in [0, 0.1) is 0 Å². The first-order valence-electron chi connectivity index (χ1n) is 12.2. The fourth-order valence-corrected chi connectivity index (χ4v) is 5.71. The van der Waals surface area contributed by atoms with Gasteiger partial charge >= 0.3 is 0 Å². The maximum Gasteiger partial charge on any atom is 0.256 e. The third-order valence-corrected chi connectivity index (χ3v) is 7.88. The first-order chi connectivity index (χ1) is 15.6. The van der Waals surface area contributed by atoms with Gasteiger partial charge in [0.1, 0.15) is 12.0 Å². The number of carbonyl (C=O) groups excluding carboxylic acids is 1. The Morgan fingerprint density at radius 3 is 2.59 bits per heavy atom. The lowest BCUT2D eigenvalue weighted by Crippen LogP contribution is -2.41. The minimum Gasteiger partial charge on any atom is -0.354 e. The van der Waals surface area contributed by atoms with Crippen LogP contribution < -0.4 is 4.90 Å².